The molecule has 3 rings (SSSR count). The molecule has 1 fully saturated rings. The van der Waals surface area contributed by atoms with E-state index in [-0.39, 0.29) is 18.4 Å². The van der Waals surface area contributed by atoms with Gasteiger partial charge in [-0.25, -0.2) is 0 Å². The minimum absolute atomic E-state index is 0.00264. The first-order valence-electron chi connectivity index (χ1n) is 7.81. The van der Waals surface area contributed by atoms with E-state index in [9.17, 15) is 9.90 Å². The van der Waals surface area contributed by atoms with Crippen molar-refractivity contribution < 1.29 is 9.90 Å². The van der Waals surface area contributed by atoms with Gasteiger partial charge < -0.3 is 10.0 Å². The maximum absolute atomic E-state index is 12.8. The molecule has 114 valence electrons. The Morgan fingerprint density at radius 3 is 2.95 bits per heavy atom. The summed E-state index contributed by atoms with van der Waals surface area (Å²) in [5.41, 5.74) is 1.03. The molecule has 0 saturated heterocycles. The van der Waals surface area contributed by atoms with E-state index in [1.807, 2.05) is 17.7 Å². The third-order valence-electron chi connectivity index (χ3n) is 4.73. The summed E-state index contributed by atoms with van der Waals surface area (Å²) in [6.45, 7) is 3.76. The van der Waals surface area contributed by atoms with Crippen LogP contribution in [0.5, 0.6) is 0 Å². The number of carbonyl (C=O) groups is 1. The Balaban J connectivity index is 1.72. The predicted octanol–water partition coefficient (Wildman–Crippen LogP) is 1.44. The van der Waals surface area contributed by atoms with Crippen molar-refractivity contribution in [3.05, 3.63) is 30.1 Å². The van der Waals surface area contributed by atoms with Crippen molar-refractivity contribution in [2.75, 3.05) is 13.2 Å². The van der Waals surface area contributed by atoms with Gasteiger partial charge in [-0.3, -0.25) is 9.48 Å². The van der Waals surface area contributed by atoms with Gasteiger partial charge in [0.15, 0.2) is 0 Å². The van der Waals surface area contributed by atoms with Gasteiger partial charge in [0, 0.05) is 25.2 Å². The van der Waals surface area contributed by atoms with Crippen molar-refractivity contribution in [2.24, 2.45) is 17.8 Å². The molecular formula is C16H23N3O2. The number of fused-ring (bicyclic) bond motifs is 2. The highest BCUT2D eigenvalue weighted by atomic mass is 16.3. The number of hydrogen-bond donors (Lipinski definition) is 1. The van der Waals surface area contributed by atoms with E-state index >= 15 is 0 Å². The molecule has 3 unspecified atom stereocenters. The monoisotopic (exact) mass is 289 g/mol. The van der Waals surface area contributed by atoms with Crippen LogP contribution in [0.25, 0.3) is 0 Å². The van der Waals surface area contributed by atoms with Gasteiger partial charge in [0.05, 0.1) is 18.8 Å². The van der Waals surface area contributed by atoms with E-state index in [0.717, 1.165) is 25.1 Å². The van der Waals surface area contributed by atoms with E-state index in [2.05, 4.69) is 17.3 Å². The van der Waals surface area contributed by atoms with Crippen LogP contribution in [-0.2, 0) is 17.9 Å². The Morgan fingerprint density at radius 1 is 1.48 bits per heavy atom. The van der Waals surface area contributed by atoms with Crippen LogP contribution in [0.1, 0.15) is 25.5 Å². The Kier molecular flexibility index (Phi) is 4.10. The van der Waals surface area contributed by atoms with Gasteiger partial charge >= 0.3 is 0 Å². The summed E-state index contributed by atoms with van der Waals surface area (Å²) in [6.07, 6.45) is 8.30. The summed E-state index contributed by atoms with van der Waals surface area (Å²) in [5, 5.41) is 13.5. The second-order valence-electron chi connectivity index (χ2n) is 6.01. The Hall–Kier alpha value is -1.62. The van der Waals surface area contributed by atoms with Crippen LogP contribution in [0.15, 0.2) is 24.4 Å². The number of rotatable bonds is 6. The highest BCUT2D eigenvalue weighted by molar-refractivity contribution is 5.80. The van der Waals surface area contributed by atoms with Crippen molar-refractivity contribution in [3.8, 4) is 0 Å². The molecule has 0 radical (unpaired) electrons. The minimum Gasteiger partial charge on any atom is -0.395 e. The van der Waals surface area contributed by atoms with Crippen LogP contribution in [-0.4, -0.2) is 38.8 Å². The molecule has 1 aromatic heterocycles. The molecule has 0 aromatic carbocycles. The maximum atomic E-state index is 12.8. The molecule has 2 aliphatic rings. The fourth-order valence-electron chi connectivity index (χ4n) is 3.66. The van der Waals surface area contributed by atoms with Gasteiger partial charge in [0.1, 0.15) is 0 Å². The van der Waals surface area contributed by atoms with E-state index < -0.39 is 0 Å². The van der Waals surface area contributed by atoms with Gasteiger partial charge in [-0.2, -0.15) is 5.10 Å². The zero-order valence-corrected chi connectivity index (χ0v) is 12.5. The molecule has 3 atom stereocenters. The van der Waals surface area contributed by atoms with Crippen LogP contribution in [0.2, 0.25) is 0 Å². The second kappa shape index (κ2) is 6.02. The van der Waals surface area contributed by atoms with Crippen molar-refractivity contribution in [1.82, 2.24) is 14.7 Å². The summed E-state index contributed by atoms with van der Waals surface area (Å²) in [5.74, 6) is 1.27. The summed E-state index contributed by atoms with van der Waals surface area (Å²) in [4.78, 5) is 14.6. The molecule has 5 nitrogen and oxygen atoms in total. The Bertz CT molecular complexity index is 537. The molecule has 2 aliphatic carbocycles. The summed E-state index contributed by atoms with van der Waals surface area (Å²) in [7, 11) is 0. The number of aliphatic hydroxyl groups is 1. The zero-order chi connectivity index (χ0) is 14.8. The molecule has 5 heteroatoms. The van der Waals surface area contributed by atoms with Crippen LogP contribution < -0.4 is 0 Å². The molecular weight excluding hydrogens is 266 g/mol. The molecule has 1 amide bonds. The van der Waals surface area contributed by atoms with Crippen LogP contribution in [0, 0.1) is 17.8 Å². The third-order valence-corrected chi connectivity index (χ3v) is 4.73. The third kappa shape index (κ3) is 2.75. The van der Waals surface area contributed by atoms with Crippen LogP contribution in [0.4, 0.5) is 0 Å². The summed E-state index contributed by atoms with van der Waals surface area (Å²) in [6, 6.07) is 1.95. The fraction of sp³-hybridized carbons (Fsp3) is 0.625. The number of aliphatic hydroxyl groups excluding tert-OH is 1. The van der Waals surface area contributed by atoms with E-state index in [1.54, 1.807) is 11.1 Å². The van der Waals surface area contributed by atoms with Crippen molar-refractivity contribution in [2.45, 2.75) is 32.9 Å². The van der Waals surface area contributed by atoms with E-state index in [1.165, 1.54) is 0 Å². The molecule has 0 aliphatic heterocycles. The largest absolute Gasteiger partial charge is 0.395 e. The van der Waals surface area contributed by atoms with Crippen molar-refractivity contribution >= 4 is 5.91 Å². The zero-order valence-electron chi connectivity index (χ0n) is 12.5. The number of allylic oxidation sites excluding steroid dienone is 2. The standard InChI is InChI=1S/C16H23N3O2/c1-2-19-14(5-6-17-19)11-18(7-8-20)16(21)15-10-12-3-4-13(15)9-12/h3-6,12-13,15,20H,2,7-11H2,1H3. The maximum Gasteiger partial charge on any atom is 0.226 e. The Morgan fingerprint density at radius 2 is 2.33 bits per heavy atom. The average Bonchev–Trinajstić information content (AvgIpc) is 3.21. The van der Waals surface area contributed by atoms with Gasteiger partial charge in [-0.05, 0) is 37.7 Å². The highest BCUT2D eigenvalue weighted by Crippen LogP contribution is 2.44. The van der Waals surface area contributed by atoms with Gasteiger partial charge in [0.25, 0.3) is 0 Å². The lowest BCUT2D eigenvalue weighted by atomic mass is 9.92. The van der Waals surface area contributed by atoms with Gasteiger partial charge in [0.2, 0.25) is 5.91 Å². The van der Waals surface area contributed by atoms with Crippen molar-refractivity contribution in [1.29, 1.82) is 0 Å². The molecule has 2 bridgehead atoms. The van der Waals surface area contributed by atoms with Crippen LogP contribution in [0.3, 0.4) is 0 Å². The predicted molar refractivity (Wildman–Crippen MR) is 79.2 cm³/mol. The number of aromatic nitrogens is 2. The first kappa shape index (κ1) is 14.3. The highest BCUT2D eigenvalue weighted by Gasteiger charge is 2.41. The molecule has 21 heavy (non-hydrogen) atoms. The minimum atomic E-state index is 0.00264. The lowest BCUT2D eigenvalue weighted by Gasteiger charge is -2.28. The number of nitrogens with zero attached hydrogens (tertiary/aromatic N) is 3. The van der Waals surface area contributed by atoms with E-state index in [4.69, 9.17) is 0 Å². The lowest BCUT2D eigenvalue weighted by molar-refractivity contribution is -0.137. The SMILES string of the molecule is CCn1nccc1CN(CCO)C(=O)C1CC2C=CC1C2. The molecule has 1 heterocycles. The Labute approximate surface area is 125 Å². The number of amides is 1. The smallest absolute Gasteiger partial charge is 0.226 e. The van der Waals surface area contributed by atoms with Gasteiger partial charge in [-0.1, -0.05) is 12.2 Å². The van der Waals surface area contributed by atoms with Crippen molar-refractivity contribution in [3.63, 3.8) is 0 Å². The molecule has 0 spiro atoms. The molecule has 1 N–H and O–H groups in total. The normalized spacial score (nSPS) is 26.5. The number of aryl methyl sites for hydroxylation is 1. The van der Waals surface area contributed by atoms with Gasteiger partial charge in [-0.15, -0.1) is 0 Å². The quantitative estimate of drug-likeness (QED) is 0.806. The lowest BCUT2D eigenvalue weighted by Crippen LogP contribution is -2.39. The fourth-order valence-corrected chi connectivity index (χ4v) is 3.66. The average molecular weight is 289 g/mol. The molecule has 1 saturated carbocycles. The first-order valence-corrected chi connectivity index (χ1v) is 7.81. The van der Waals surface area contributed by atoms with Crippen LogP contribution >= 0.6 is 0 Å². The summed E-state index contributed by atoms with van der Waals surface area (Å²) < 4.78 is 1.90. The second-order valence-corrected chi connectivity index (χ2v) is 6.01. The number of carbonyl (C=O) groups excluding carboxylic acids is 1. The topological polar surface area (TPSA) is 58.4 Å². The molecule has 1 aromatic rings. The first-order chi connectivity index (χ1) is 10.2. The van der Waals surface area contributed by atoms with E-state index in [0.29, 0.717) is 24.9 Å². The summed E-state index contributed by atoms with van der Waals surface area (Å²) >= 11 is 0. The number of hydrogen-bond acceptors (Lipinski definition) is 3.